The van der Waals surface area contributed by atoms with E-state index in [1.807, 2.05) is 59.1 Å². The lowest BCUT2D eigenvalue weighted by Crippen LogP contribution is -2.35. The van der Waals surface area contributed by atoms with E-state index in [1.165, 1.54) is 54.2 Å². The van der Waals surface area contributed by atoms with Crippen LogP contribution in [0.25, 0.3) is 54.6 Å². The van der Waals surface area contributed by atoms with E-state index >= 15 is 0 Å². The first-order valence-electron chi connectivity index (χ1n) is 17.3. The molecule has 5 aromatic carbocycles. The predicted molar refractivity (Wildman–Crippen MR) is 215 cm³/mol. The second kappa shape index (κ2) is 11.4. The number of hydrogen-bond acceptors (Lipinski definition) is 6. The molecular formula is C46H28N4S2. The minimum absolute atomic E-state index is 0.413. The van der Waals surface area contributed by atoms with Crippen LogP contribution in [-0.2, 0) is 5.41 Å². The maximum Gasteiger partial charge on any atom is 0.179 e. The fraction of sp³-hybridized carbons (Fsp3) is 0.0217. The van der Waals surface area contributed by atoms with Crippen molar-refractivity contribution in [2.45, 2.75) is 5.41 Å². The SMILES string of the molecule is c1ccc(-c2cc(-c3cccc(N4c5ccccc5C5(c6cc7ccccc7cc64)c4ccsc4-c4sccc45)c3)nc(-c3ccccn3)n2)cc1. The van der Waals surface area contributed by atoms with Gasteiger partial charge in [0, 0.05) is 32.8 Å². The molecule has 9 aromatic rings. The Morgan fingerprint density at radius 3 is 1.90 bits per heavy atom. The van der Waals surface area contributed by atoms with Crippen LogP contribution in [0, 0.1) is 0 Å². The van der Waals surface area contributed by atoms with Crippen LogP contribution >= 0.6 is 22.7 Å². The summed E-state index contributed by atoms with van der Waals surface area (Å²) in [5.74, 6) is 0.601. The molecule has 244 valence electrons. The molecule has 0 amide bonds. The van der Waals surface area contributed by atoms with Crippen LogP contribution in [0.5, 0.6) is 0 Å². The lowest BCUT2D eigenvalue weighted by molar-refractivity contribution is 0.757. The number of rotatable bonds is 4. The van der Waals surface area contributed by atoms with Crippen molar-refractivity contribution in [2.24, 2.45) is 0 Å². The number of pyridine rings is 1. The molecule has 2 aliphatic rings. The number of thiophene rings is 2. The zero-order valence-electron chi connectivity index (χ0n) is 27.8. The van der Waals surface area contributed by atoms with Gasteiger partial charge in [0.15, 0.2) is 5.82 Å². The highest BCUT2D eigenvalue weighted by Gasteiger charge is 2.53. The van der Waals surface area contributed by atoms with Crippen molar-refractivity contribution in [2.75, 3.05) is 4.90 Å². The van der Waals surface area contributed by atoms with Crippen molar-refractivity contribution >= 4 is 50.5 Å². The smallest absolute Gasteiger partial charge is 0.179 e. The number of hydrogen-bond donors (Lipinski definition) is 0. The average Bonchev–Trinajstić information content (AvgIpc) is 3.95. The van der Waals surface area contributed by atoms with E-state index in [0.29, 0.717) is 5.82 Å². The highest BCUT2D eigenvalue weighted by atomic mass is 32.1. The zero-order chi connectivity index (χ0) is 34.2. The molecule has 0 fully saturated rings. The number of para-hydroxylation sites is 1. The van der Waals surface area contributed by atoms with Gasteiger partial charge in [-0.3, -0.25) is 4.98 Å². The molecule has 0 unspecified atom stereocenters. The highest BCUT2D eigenvalue weighted by molar-refractivity contribution is 7.21. The largest absolute Gasteiger partial charge is 0.310 e. The number of benzene rings is 5. The van der Waals surface area contributed by atoms with Gasteiger partial charge in [0.25, 0.3) is 0 Å². The summed E-state index contributed by atoms with van der Waals surface area (Å²) in [7, 11) is 0. The third-order valence-corrected chi connectivity index (χ3v) is 12.5. The topological polar surface area (TPSA) is 41.9 Å². The van der Waals surface area contributed by atoms with Crippen LogP contribution < -0.4 is 4.90 Å². The molecular weight excluding hydrogens is 673 g/mol. The van der Waals surface area contributed by atoms with Crippen molar-refractivity contribution in [1.29, 1.82) is 0 Å². The normalized spacial score (nSPS) is 13.5. The number of aromatic nitrogens is 3. The van der Waals surface area contributed by atoms with Gasteiger partial charge in [-0.2, -0.15) is 0 Å². The molecule has 4 aromatic heterocycles. The summed E-state index contributed by atoms with van der Waals surface area (Å²) in [4.78, 5) is 19.9. The Balaban J connectivity index is 1.16. The monoisotopic (exact) mass is 700 g/mol. The van der Waals surface area contributed by atoms with Gasteiger partial charge in [-0.05, 0) is 104 Å². The fourth-order valence-electron chi connectivity index (χ4n) is 8.30. The summed E-state index contributed by atoms with van der Waals surface area (Å²) < 4.78 is 0. The van der Waals surface area contributed by atoms with E-state index in [-0.39, 0.29) is 0 Å². The summed E-state index contributed by atoms with van der Waals surface area (Å²) >= 11 is 3.71. The molecule has 1 aliphatic heterocycles. The highest BCUT2D eigenvalue weighted by Crippen LogP contribution is 2.65. The first-order chi connectivity index (χ1) is 25.8. The third-order valence-electron chi connectivity index (χ3n) is 10.5. The average molecular weight is 701 g/mol. The number of fused-ring (bicyclic) bond motifs is 10. The molecule has 0 bridgehead atoms. The molecule has 1 aliphatic carbocycles. The van der Waals surface area contributed by atoms with E-state index in [9.17, 15) is 0 Å². The fourth-order valence-corrected chi connectivity index (χ4v) is 10.4. The Morgan fingerprint density at radius 1 is 0.462 bits per heavy atom. The van der Waals surface area contributed by atoms with Gasteiger partial charge in [-0.25, -0.2) is 9.97 Å². The number of nitrogens with zero attached hydrogens (tertiary/aromatic N) is 4. The van der Waals surface area contributed by atoms with Crippen molar-refractivity contribution in [3.05, 3.63) is 191 Å². The van der Waals surface area contributed by atoms with Crippen molar-refractivity contribution in [1.82, 2.24) is 15.0 Å². The summed E-state index contributed by atoms with van der Waals surface area (Å²) in [6, 6.07) is 54.3. The van der Waals surface area contributed by atoms with Crippen LogP contribution in [0.2, 0.25) is 0 Å². The molecule has 0 saturated carbocycles. The Hall–Kier alpha value is -6.21. The Labute approximate surface area is 309 Å². The molecule has 6 heteroatoms. The first-order valence-corrected chi connectivity index (χ1v) is 19.1. The van der Waals surface area contributed by atoms with Gasteiger partial charge < -0.3 is 4.90 Å². The molecule has 52 heavy (non-hydrogen) atoms. The second-order valence-corrected chi connectivity index (χ2v) is 15.1. The summed E-state index contributed by atoms with van der Waals surface area (Å²) in [5, 5.41) is 6.98. The van der Waals surface area contributed by atoms with Crippen LogP contribution in [-0.4, -0.2) is 15.0 Å². The summed E-state index contributed by atoms with van der Waals surface area (Å²) in [5.41, 5.74) is 12.9. The van der Waals surface area contributed by atoms with E-state index in [4.69, 9.17) is 9.97 Å². The molecule has 0 atom stereocenters. The summed E-state index contributed by atoms with van der Waals surface area (Å²) in [6.45, 7) is 0. The lowest BCUT2D eigenvalue weighted by atomic mass is 9.65. The Kier molecular flexibility index (Phi) is 6.47. The Morgan fingerprint density at radius 2 is 1.13 bits per heavy atom. The van der Waals surface area contributed by atoms with Gasteiger partial charge in [-0.1, -0.05) is 91.0 Å². The van der Waals surface area contributed by atoms with Crippen LogP contribution in [0.15, 0.2) is 169 Å². The third kappa shape index (κ3) is 4.22. The minimum Gasteiger partial charge on any atom is -0.310 e. The molecule has 0 N–H and O–H groups in total. The first kappa shape index (κ1) is 29.5. The summed E-state index contributed by atoms with van der Waals surface area (Å²) in [6.07, 6.45) is 1.79. The molecule has 0 radical (unpaired) electrons. The molecule has 4 nitrogen and oxygen atoms in total. The lowest BCUT2D eigenvalue weighted by Gasteiger charge is -2.44. The van der Waals surface area contributed by atoms with E-state index in [2.05, 4.69) is 136 Å². The maximum atomic E-state index is 5.12. The minimum atomic E-state index is -0.413. The standard InChI is InChI=1S/C46H28N4S2/c1-2-11-29(12-3-1)39-28-40(49-45(48-39)38-18-8-9-22-47-38)32-15-10-16-33(25-32)50-41-19-7-6-17-34(41)46(35-20-23-51-43(35)44-36(46)21-24-52-44)37-26-30-13-4-5-14-31(30)27-42(37)50/h1-28H. The zero-order valence-corrected chi connectivity index (χ0v) is 29.4. The van der Waals surface area contributed by atoms with Gasteiger partial charge in [-0.15, -0.1) is 22.7 Å². The van der Waals surface area contributed by atoms with Gasteiger partial charge >= 0.3 is 0 Å². The van der Waals surface area contributed by atoms with Crippen LogP contribution in [0.1, 0.15) is 22.3 Å². The quantitative estimate of drug-likeness (QED) is 0.183. The molecule has 0 saturated heterocycles. The molecule has 5 heterocycles. The number of anilines is 3. The maximum absolute atomic E-state index is 5.12. The van der Waals surface area contributed by atoms with Gasteiger partial charge in [0.1, 0.15) is 5.69 Å². The predicted octanol–water partition coefficient (Wildman–Crippen LogP) is 12.3. The van der Waals surface area contributed by atoms with E-state index in [0.717, 1.165) is 33.9 Å². The van der Waals surface area contributed by atoms with Crippen LogP contribution in [0.3, 0.4) is 0 Å². The van der Waals surface area contributed by atoms with E-state index in [1.54, 1.807) is 6.20 Å². The molecule has 1 spiro atoms. The van der Waals surface area contributed by atoms with E-state index < -0.39 is 5.41 Å². The van der Waals surface area contributed by atoms with Crippen molar-refractivity contribution in [3.8, 4) is 43.8 Å². The van der Waals surface area contributed by atoms with Gasteiger partial charge in [0.2, 0.25) is 0 Å². The van der Waals surface area contributed by atoms with Crippen molar-refractivity contribution in [3.63, 3.8) is 0 Å². The van der Waals surface area contributed by atoms with Crippen LogP contribution in [0.4, 0.5) is 17.1 Å². The second-order valence-electron chi connectivity index (χ2n) is 13.2. The van der Waals surface area contributed by atoms with Gasteiger partial charge in [0.05, 0.1) is 28.2 Å². The van der Waals surface area contributed by atoms with Crippen molar-refractivity contribution < 1.29 is 0 Å². The Bertz CT molecular complexity index is 2720. The molecule has 11 rings (SSSR count).